The fourth-order valence-corrected chi connectivity index (χ4v) is 2.37. The Morgan fingerprint density at radius 2 is 1.42 bits per heavy atom. The standard InChI is InChI=1S/C15H10N2O.C3H9N.C2H6/c16-13-9-5-1-3-7-11(9)17-14-10-6-2-4-8-12(10)18-15(13)14;1-4(2)3;1-2/h1-8H,(H2,16,17);1-3H3;1-2H3. The van der Waals surface area contributed by atoms with Gasteiger partial charge in [-0.15, -0.1) is 0 Å². The summed E-state index contributed by atoms with van der Waals surface area (Å²) in [5, 5.41) is 1.94. The van der Waals surface area contributed by atoms with Crippen LogP contribution in [0.25, 0.3) is 33.0 Å². The summed E-state index contributed by atoms with van der Waals surface area (Å²) in [5.74, 6) is 0. The predicted octanol–water partition coefficient (Wildman–Crippen LogP) is 4.92. The van der Waals surface area contributed by atoms with Gasteiger partial charge in [0, 0.05) is 10.8 Å². The van der Waals surface area contributed by atoms with Gasteiger partial charge in [-0.3, -0.25) is 0 Å². The summed E-state index contributed by atoms with van der Waals surface area (Å²) in [6, 6.07) is 15.7. The quantitative estimate of drug-likeness (QED) is 0.499. The second-order valence-electron chi connectivity index (χ2n) is 5.66. The van der Waals surface area contributed by atoms with Gasteiger partial charge in [-0.1, -0.05) is 44.2 Å². The summed E-state index contributed by atoms with van der Waals surface area (Å²) in [7, 11) is 6.00. The maximum atomic E-state index is 6.18. The Hall–Kier alpha value is -2.59. The lowest BCUT2D eigenvalue weighted by Crippen LogP contribution is -1.99. The van der Waals surface area contributed by atoms with Gasteiger partial charge in [0.25, 0.3) is 0 Å². The van der Waals surface area contributed by atoms with Gasteiger partial charge in [-0.05, 0) is 39.3 Å². The van der Waals surface area contributed by atoms with Crippen molar-refractivity contribution in [1.29, 1.82) is 0 Å². The van der Waals surface area contributed by atoms with Crippen LogP contribution >= 0.6 is 0 Å². The third-order valence-corrected chi connectivity index (χ3v) is 3.24. The van der Waals surface area contributed by atoms with Crippen LogP contribution in [-0.4, -0.2) is 31.0 Å². The maximum absolute atomic E-state index is 6.18. The van der Waals surface area contributed by atoms with Crippen molar-refractivity contribution in [2.24, 2.45) is 0 Å². The van der Waals surface area contributed by atoms with E-state index in [0.717, 1.165) is 27.4 Å². The zero-order valence-electron chi connectivity index (χ0n) is 15.0. The lowest BCUT2D eigenvalue weighted by Gasteiger charge is -2.01. The highest BCUT2D eigenvalue weighted by atomic mass is 16.3. The fraction of sp³-hybridized carbons (Fsp3) is 0.250. The van der Waals surface area contributed by atoms with E-state index in [1.165, 1.54) is 0 Å². The topological polar surface area (TPSA) is 55.3 Å². The molecule has 126 valence electrons. The molecule has 4 aromatic rings. The van der Waals surface area contributed by atoms with Crippen LogP contribution in [0.3, 0.4) is 0 Å². The van der Waals surface area contributed by atoms with Gasteiger partial charge in [0.1, 0.15) is 11.1 Å². The SMILES string of the molecule is CC.CN(C)C.Nc1c2ccccc2nc2c1oc1ccccc12. The van der Waals surface area contributed by atoms with Gasteiger partial charge in [0.2, 0.25) is 0 Å². The Bertz CT molecular complexity index is 939. The Balaban J connectivity index is 0.000000308. The molecule has 2 aromatic heterocycles. The molecule has 0 saturated carbocycles. The Kier molecular flexibility index (Phi) is 5.77. The smallest absolute Gasteiger partial charge is 0.177 e. The Morgan fingerprint density at radius 1 is 0.875 bits per heavy atom. The van der Waals surface area contributed by atoms with Gasteiger partial charge >= 0.3 is 0 Å². The molecule has 2 heterocycles. The zero-order valence-corrected chi connectivity index (χ0v) is 15.0. The third-order valence-electron chi connectivity index (χ3n) is 3.24. The van der Waals surface area contributed by atoms with Crippen molar-refractivity contribution in [2.75, 3.05) is 26.9 Å². The zero-order chi connectivity index (χ0) is 17.7. The number of hydrogen-bond donors (Lipinski definition) is 1. The molecular weight excluding hydrogens is 298 g/mol. The first-order chi connectivity index (χ1) is 11.6. The monoisotopic (exact) mass is 323 g/mol. The number of fused-ring (bicyclic) bond motifs is 4. The summed E-state index contributed by atoms with van der Waals surface area (Å²) in [6.07, 6.45) is 0. The van der Waals surface area contributed by atoms with Crippen LogP contribution in [0, 0.1) is 0 Å². The van der Waals surface area contributed by atoms with Crippen LogP contribution in [0.1, 0.15) is 13.8 Å². The number of furan rings is 1. The lowest BCUT2D eigenvalue weighted by molar-refractivity contribution is 0.505. The highest BCUT2D eigenvalue weighted by molar-refractivity contribution is 6.12. The molecule has 24 heavy (non-hydrogen) atoms. The van der Waals surface area contributed by atoms with Crippen molar-refractivity contribution in [3.63, 3.8) is 0 Å². The molecule has 0 radical (unpaired) electrons. The van der Waals surface area contributed by atoms with Crippen LogP contribution in [0.4, 0.5) is 5.69 Å². The van der Waals surface area contributed by atoms with E-state index in [2.05, 4.69) is 4.98 Å². The molecule has 0 spiro atoms. The van der Waals surface area contributed by atoms with E-state index in [1.54, 1.807) is 0 Å². The van der Waals surface area contributed by atoms with Gasteiger partial charge in [0.15, 0.2) is 5.58 Å². The summed E-state index contributed by atoms with van der Waals surface area (Å²) < 4.78 is 5.80. The van der Waals surface area contributed by atoms with E-state index in [4.69, 9.17) is 10.2 Å². The number of nitrogens with two attached hydrogens (primary N) is 1. The van der Waals surface area contributed by atoms with Gasteiger partial charge in [-0.25, -0.2) is 4.98 Å². The van der Waals surface area contributed by atoms with Crippen molar-refractivity contribution in [2.45, 2.75) is 13.8 Å². The minimum atomic E-state index is 0.659. The summed E-state index contributed by atoms with van der Waals surface area (Å²) in [5.41, 5.74) is 10.1. The molecular formula is C20H25N3O. The molecule has 2 N–H and O–H groups in total. The minimum absolute atomic E-state index is 0.659. The first-order valence-corrected chi connectivity index (χ1v) is 8.14. The second-order valence-corrected chi connectivity index (χ2v) is 5.66. The number of rotatable bonds is 0. The van der Waals surface area contributed by atoms with Crippen LogP contribution in [0.5, 0.6) is 0 Å². The van der Waals surface area contributed by atoms with Crippen molar-refractivity contribution in [3.8, 4) is 0 Å². The van der Waals surface area contributed by atoms with E-state index in [1.807, 2.05) is 88.4 Å². The average molecular weight is 323 g/mol. The number of benzene rings is 2. The molecule has 2 aromatic carbocycles. The predicted molar refractivity (Wildman–Crippen MR) is 104 cm³/mol. The van der Waals surface area contributed by atoms with E-state index >= 15 is 0 Å². The van der Waals surface area contributed by atoms with Crippen molar-refractivity contribution >= 4 is 38.7 Å². The Labute approximate surface area is 142 Å². The number of aromatic nitrogens is 1. The molecule has 0 aliphatic rings. The second kappa shape index (κ2) is 7.79. The first-order valence-electron chi connectivity index (χ1n) is 8.14. The van der Waals surface area contributed by atoms with Crippen LogP contribution in [0.2, 0.25) is 0 Å². The van der Waals surface area contributed by atoms with E-state index in [0.29, 0.717) is 11.3 Å². The van der Waals surface area contributed by atoms with Crippen molar-refractivity contribution < 1.29 is 4.42 Å². The largest absolute Gasteiger partial charge is 0.452 e. The number of nitrogens with zero attached hydrogens (tertiary/aromatic N) is 2. The number of anilines is 1. The average Bonchev–Trinajstić information content (AvgIpc) is 2.96. The summed E-state index contributed by atoms with van der Waals surface area (Å²) >= 11 is 0. The number of para-hydroxylation sites is 2. The number of pyridine rings is 1. The van der Waals surface area contributed by atoms with Gasteiger partial charge < -0.3 is 15.1 Å². The maximum Gasteiger partial charge on any atom is 0.177 e. The summed E-state index contributed by atoms with van der Waals surface area (Å²) in [6.45, 7) is 4.00. The molecule has 4 nitrogen and oxygen atoms in total. The molecule has 0 fully saturated rings. The molecule has 0 atom stereocenters. The normalized spacial score (nSPS) is 10.4. The van der Waals surface area contributed by atoms with Crippen LogP contribution in [-0.2, 0) is 0 Å². The minimum Gasteiger partial charge on any atom is -0.452 e. The van der Waals surface area contributed by atoms with Crippen molar-refractivity contribution in [3.05, 3.63) is 48.5 Å². The molecule has 0 aliphatic heterocycles. The Morgan fingerprint density at radius 3 is 2.08 bits per heavy atom. The molecule has 0 amide bonds. The molecule has 4 rings (SSSR count). The lowest BCUT2D eigenvalue weighted by atomic mass is 10.1. The van der Waals surface area contributed by atoms with E-state index < -0.39 is 0 Å². The molecule has 0 aliphatic carbocycles. The van der Waals surface area contributed by atoms with Crippen LogP contribution in [0.15, 0.2) is 52.9 Å². The molecule has 0 bridgehead atoms. The van der Waals surface area contributed by atoms with E-state index in [9.17, 15) is 0 Å². The number of hydrogen-bond acceptors (Lipinski definition) is 4. The van der Waals surface area contributed by atoms with Crippen LogP contribution < -0.4 is 5.73 Å². The number of nitrogen functional groups attached to an aromatic ring is 1. The highest BCUT2D eigenvalue weighted by Crippen LogP contribution is 2.34. The first kappa shape index (κ1) is 17.8. The highest BCUT2D eigenvalue weighted by Gasteiger charge is 2.13. The van der Waals surface area contributed by atoms with Gasteiger partial charge in [-0.2, -0.15) is 0 Å². The summed E-state index contributed by atoms with van der Waals surface area (Å²) in [4.78, 5) is 6.65. The van der Waals surface area contributed by atoms with Crippen molar-refractivity contribution in [1.82, 2.24) is 9.88 Å². The van der Waals surface area contributed by atoms with Gasteiger partial charge in [0.05, 0.1) is 11.2 Å². The molecule has 4 heteroatoms. The molecule has 0 unspecified atom stereocenters. The third kappa shape index (κ3) is 3.49. The molecule has 0 saturated heterocycles. The fourth-order valence-electron chi connectivity index (χ4n) is 2.37. The van der Waals surface area contributed by atoms with E-state index in [-0.39, 0.29) is 0 Å².